The summed E-state index contributed by atoms with van der Waals surface area (Å²) >= 11 is 0. The summed E-state index contributed by atoms with van der Waals surface area (Å²) in [5.41, 5.74) is 6.85. The van der Waals surface area contributed by atoms with Crippen LogP contribution in [0, 0.1) is 0 Å². The van der Waals surface area contributed by atoms with Gasteiger partial charge in [0.25, 0.3) is 10.1 Å². The summed E-state index contributed by atoms with van der Waals surface area (Å²) in [5.74, 6) is -0.785. The maximum atomic E-state index is 12.1. The summed E-state index contributed by atoms with van der Waals surface area (Å²) in [6.45, 7) is -0.0196. The van der Waals surface area contributed by atoms with Crippen molar-refractivity contribution in [2.45, 2.75) is 30.3 Å². The largest absolute Gasteiger partial charge is 0.383 e. The molecule has 0 aliphatic rings. The smallest absolute Gasteiger partial charge is 0.296 e. The number of carbonyl (C=O) groups is 1. The van der Waals surface area contributed by atoms with Gasteiger partial charge in [0, 0.05) is 0 Å². The van der Waals surface area contributed by atoms with E-state index in [1.54, 1.807) is 12.1 Å². The van der Waals surface area contributed by atoms with Crippen LogP contribution in [-0.4, -0.2) is 32.1 Å². The molecule has 7 heteroatoms. The molecule has 134 valence electrons. The first-order valence-electron chi connectivity index (χ1n) is 7.92. The topological polar surface area (TPSA) is 107 Å². The molecular weight excluding hydrogens is 342 g/mol. The SMILES string of the molecule is NC(=O)C(O)CCCCOS(=O)(=O)c1ccc(-c2ccccc2)cc1. The molecule has 0 aliphatic carbocycles. The highest BCUT2D eigenvalue weighted by Gasteiger charge is 2.15. The average molecular weight is 363 g/mol. The lowest BCUT2D eigenvalue weighted by Gasteiger charge is -2.08. The van der Waals surface area contributed by atoms with Crippen molar-refractivity contribution >= 4 is 16.0 Å². The summed E-state index contributed by atoms with van der Waals surface area (Å²) < 4.78 is 29.3. The minimum absolute atomic E-state index is 0.0196. The zero-order chi connectivity index (χ0) is 18.3. The Bertz CT molecular complexity index is 788. The van der Waals surface area contributed by atoms with Gasteiger partial charge >= 0.3 is 0 Å². The van der Waals surface area contributed by atoms with Crippen molar-refractivity contribution in [1.29, 1.82) is 0 Å². The van der Waals surface area contributed by atoms with E-state index in [2.05, 4.69) is 0 Å². The number of primary amides is 1. The maximum absolute atomic E-state index is 12.1. The van der Waals surface area contributed by atoms with Crippen molar-refractivity contribution in [3.63, 3.8) is 0 Å². The van der Waals surface area contributed by atoms with E-state index in [4.69, 9.17) is 9.92 Å². The number of hydrogen-bond acceptors (Lipinski definition) is 5. The van der Waals surface area contributed by atoms with Crippen LogP contribution in [0.1, 0.15) is 19.3 Å². The van der Waals surface area contributed by atoms with Crippen LogP contribution in [0.5, 0.6) is 0 Å². The molecule has 25 heavy (non-hydrogen) atoms. The minimum atomic E-state index is -3.83. The molecule has 0 aromatic heterocycles. The lowest BCUT2D eigenvalue weighted by atomic mass is 10.1. The third-order valence-electron chi connectivity index (χ3n) is 3.69. The molecule has 2 aromatic carbocycles. The van der Waals surface area contributed by atoms with Crippen molar-refractivity contribution in [3.05, 3.63) is 54.6 Å². The molecular formula is C18H21NO5S. The van der Waals surface area contributed by atoms with Gasteiger partial charge in [0.2, 0.25) is 5.91 Å². The predicted octanol–water partition coefficient (Wildman–Crippen LogP) is 2.08. The lowest BCUT2D eigenvalue weighted by molar-refractivity contribution is -0.126. The molecule has 0 radical (unpaired) electrons. The third-order valence-corrected chi connectivity index (χ3v) is 5.02. The molecule has 2 rings (SSSR count). The number of rotatable bonds is 9. The van der Waals surface area contributed by atoms with E-state index in [1.807, 2.05) is 30.3 Å². The van der Waals surface area contributed by atoms with Crippen LogP contribution in [-0.2, 0) is 19.1 Å². The molecule has 0 aliphatic heterocycles. The zero-order valence-electron chi connectivity index (χ0n) is 13.7. The Hall–Kier alpha value is -2.22. The van der Waals surface area contributed by atoms with Crippen LogP contribution >= 0.6 is 0 Å². The van der Waals surface area contributed by atoms with E-state index >= 15 is 0 Å². The Labute approximate surface area is 147 Å². The summed E-state index contributed by atoms with van der Waals surface area (Å²) in [7, 11) is -3.83. The molecule has 0 heterocycles. The van der Waals surface area contributed by atoms with Crippen molar-refractivity contribution in [2.24, 2.45) is 5.73 Å². The molecule has 0 saturated heterocycles. The fourth-order valence-corrected chi connectivity index (χ4v) is 3.21. The van der Waals surface area contributed by atoms with Crippen LogP contribution in [0.3, 0.4) is 0 Å². The molecule has 1 atom stereocenters. The van der Waals surface area contributed by atoms with Gasteiger partial charge in [-0.1, -0.05) is 42.5 Å². The molecule has 6 nitrogen and oxygen atoms in total. The highest BCUT2D eigenvalue weighted by molar-refractivity contribution is 7.86. The number of carbonyl (C=O) groups excluding carboxylic acids is 1. The van der Waals surface area contributed by atoms with Gasteiger partial charge in [0.1, 0.15) is 6.10 Å². The molecule has 2 aromatic rings. The Kier molecular flexibility index (Phi) is 6.69. The van der Waals surface area contributed by atoms with E-state index in [-0.39, 0.29) is 17.9 Å². The molecule has 0 spiro atoms. The van der Waals surface area contributed by atoms with Gasteiger partial charge in [-0.2, -0.15) is 8.42 Å². The average Bonchev–Trinajstić information content (AvgIpc) is 2.62. The van der Waals surface area contributed by atoms with Crippen LogP contribution < -0.4 is 5.73 Å². The normalized spacial score (nSPS) is 12.7. The fourth-order valence-electron chi connectivity index (χ4n) is 2.26. The Morgan fingerprint density at radius 2 is 1.60 bits per heavy atom. The Morgan fingerprint density at radius 3 is 2.20 bits per heavy atom. The second-order valence-electron chi connectivity index (χ2n) is 5.58. The zero-order valence-corrected chi connectivity index (χ0v) is 14.5. The first-order valence-corrected chi connectivity index (χ1v) is 9.33. The maximum Gasteiger partial charge on any atom is 0.296 e. The number of hydrogen-bond donors (Lipinski definition) is 2. The number of aliphatic hydroxyl groups is 1. The highest BCUT2D eigenvalue weighted by Crippen LogP contribution is 2.22. The lowest BCUT2D eigenvalue weighted by Crippen LogP contribution is -2.28. The van der Waals surface area contributed by atoms with Gasteiger partial charge in [-0.05, 0) is 42.5 Å². The van der Waals surface area contributed by atoms with Crippen molar-refractivity contribution in [1.82, 2.24) is 0 Å². The van der Waals surface area contributed by atoms with E-state index in [9.17, 15) is 18.3 Å². The van der Waals surface area contributed by atoms with Gasteiger partial charge in [-0.25, -0.2) is 0 Å². The van der Waals surface area contributed by atoms with Gasteiger partial charge in [0.15, 0.2) is 0 Å². The minimum Gasteiger partial charge on any atom is -0.383 e. The first kappa shape index (κ1) is 19.1. The monoisotopic (exact) mass is 363 g/mol. The van der Waals surface area contributed by atoms with Gasteiger partial charge in [-0.15, -0.1) is 0 Å². The molecule has 0 bridgehead atoms. The van der Waals surface area contributed by atoms with Gasteiger partial charge < -0.3 is 10.8 Å². The molecule has 1 unspecified atom stereocenters. The summed E-state index contributed by atoms with van der Waals surface area (Å²) in [6, 6.07) is 16.1. The van der Waals surface area contributed by atoms with Gasteiger partial charge in [-0.3, -0.25) is 8.98 Å². The second kappa shape index (κ2) is 8.75. The van der Waals surface area contributed by atoms with E-state index in [1.165, 1.54) is 12.1 Å². The third kappa shape index (κ3) is 5.67. The van der Waals surface area contributed by atoms with E-state index in [0.29, 0.717) is 12.8 Å². The van der Waals surface area contributed by atoms with Gasteiger partial charge in [0.05, 0.1) is 11.5 Å². The first-order chi connectivity index (χ1) is 11.9. The quantitative estimate of drug-likeness (QED) is 0.524. The number of aliphatic hydroxyl groups excluding tert-OH is 1. The second-order valence-corrected chi connectivity index (χ2v) is 7.20. The Morgan fingerprint density at radius 1 is 1.00 bits per heavy atom. The summed E-state index contributed by atoms with van der Waals surface area (Å²) in [6.07, 6.45) is -0.190. The van der Waals surface area contributed by atoms with Crippen molar-refractivity contribution in [2.75, 3.05) is 6.61 Å². The number of nitrogens with two attached hydrogens (primary N) is 1. The Balaban J connectivity index is 1.88. The standard InChI is InChI=1S/C18H21NO5S/c19-18(21)17(20)8-4-5-13-24-25(22,23)16-11-9-15(10-12-16)14-6-2-1-3-7-14/h1-3,6-7,9-12,17,20H,4-5,8,13H2,(H2,19,21). The highest BCUT2D eigenvalue weighted by atomic mass is 32.2. The number of benzene rings is 2. The summed E-state index contributed by atoms with van der Waals surface area (Å²) in [4.78, 5) is 10.8. The van der Waals surface area contributed by atoms with Crippen molar-refractivity contribution < 1.29 is 22.5 Å². The van der Waals surface area contributed by atoms with E-state index < -0.39 is 22.1 Å². The molecule has 0 saturated carbocycles. The predicted molar refractivity (Wildman–Crippen MR) is 94.1 cm³/mol. The van der Waals surface area contributed by atoms with Crippen molar-refractivity contribution in [3.8, 4) is 11.1 Å². The molecule has 0 fully saturated rings. The van der Waals surface area contributed by atoms with Crippen LogP contribution in [0.2, 0.25) is 0 Å². The fraction of sp³-hybridized carbons (Fsp3) is 0.278. The molecule has 3 N–H and O–H groups in total. The van der Waals surface area contributed by atoms with Crippen LogP contribution in [0.4, 0.5) is 0 Å². The van der Waals surface area contributed by atoms with Crippen LogP contribution in [0.15, 0.2) is 59.5 Å². The summed E-state index contributed by atoms with van der Waals surface area (Å²) in [5, 5.41) is 9.25. The van der Waals surface area contributed by atoms with E-state index in [0.717, 1.165) is 11.1 Å². The number of amides is 1. The molecule has 1 amide bonds. The number of unbranched alkanes of at least 4 members (excludes halogenated alkanes) is 1. The van der Waals surface area contributed by atoms with Crippen LogP contribution in [0.25, 0.3) is 11.1 Å².